The van der Waals surface area contributed by atoms with E-state index in [1.165, 1.54) is 0 Å². The monoisotopic (exact) mass is 537 g/mol. The molecule has 0 saturated heterocycles. The van der Waals surface area contributed by atoms with Crippen LogP contribution in [0.15, 0.2) is 29.3 Å². The lowest BCUT2D eigenvalue weighted by Gasteiger charge is -2.23. The minimum Gasteiger partial charge on any atom is -0.481 e. The van der Waals surface area contributed by atoms with Crippen molar-refractivity contribution in [2.75, 3.05) is 0 Å². The lowest BCUT2D eigenvalue weighted by Crippen LogP contribution is -2.53. The molecule has 0 heterocycles. The van der Waals surface area contributed by atoms with Crippen LogP contribution in [0.4, 0.5) is 18.9 Å². The van der Waals surface area contributed by atoms with E-state index in [4.69, 9.17) is 38.7 Å². The predicted octanol–water partition coefficient (Wildman–Crippen LogP) is 0.753. The van der Waals surface area contributed by atoms with Gasteiger partial charge >= 0.3 is 24.1 Å². The summed E-state index contributed by atoms with van der Waals surface area (Å²) < 4.78 is 31.7. The number of rotatable bonds is 10. The van der Waals surface area contributed by atoms with Crippen LogP contribution >= 0.6 is 12.2 Å². The highest BCUT2D eigenvalue weighted by atomic mass is 32.1. The highest BCUT2D eigenvalue weighted by molar-refractivity contribution is 7.80. The number of hydrogen-bond acceptors (Lipinski definition) is 6. The third-order valence-electron chi connectivity index (χ3n) is 4.06. The minimum absolute atomic E-state index is 0.0708. The highest BCUT2D eigenvalue weighted by Crippen LogP contribution is 2.14. The summed E-state index contributed by atoms with van der Waals surface area (Å²) in [5.74, 6) is -6.38. The zero-order valence-electron chi connectivity index (χ0n) is 19.1. The van der Waals surface area contributed by atoms with E-state index in [9.17, 15) is 32.7 Å². The van der Waals surface area contributed by atoms with Gasteiger partial charge in [0.05, 0.1) is 17.1 Å². The molecule has 0 aliphatic carbocycles. The first-order valence-electron chi connectivity index (χ1n) is 9.97. The Bertz CT molecular complexity index is 981. The van der Waals surface area contributed by atoms with Gasteiger partial charge in [-0.05, 0) is 23.6 Å². The van der Waals surface area contributed by atoms with Crippen molar-refractivity contribution in [1.29, 1.82) is 0 Å². The Hall–Kier alpha value is -3.95. The second kappa shape index (κ2) is 14.4. The predicted molar refractivity (Wildman–Crippen MR) is 125 cm³/mol. The van der Waals surface area contributed by atoms with Crippen LogP contribution in [-0.2, 0) is 25.6 Å². The molecule has 0 bridgehead atoms. The van der Waals surface area contributed by atoms with Gasteiger partial charge in [-0.1, -0.05) is 38.2 Å². The number of aliphatic carboxylic acids is 3. The normalized spacial score (nSPS) is 12.3. The lowest BCUT2D eigenvalue weighted by molar-refractivity contribution is -0.192. The molecule has 1 aromatic carbocycles. The number of carboxylic acid groups (broad SMARTS) is 3. The van der Waals surface area contributed by atoms with Crippen molar-refractivity contribution >= 4 is 52.7 Å². The molecule has 0 fully saturated rings. The topological polar surface area (TPSA) is 217 Å². The molecule has 12 nitrogen and oxygen atoms in total. The molecule has 0 aliphatic heterocycles. The van der Waals surface area contributed by atoms with Crippen molar-refractivity contribution in [3.8, 4) is 0 Å². The van der Waals surface area contributed by atoms with E-state index in [0.29, 0.717) is 5.69 Å². The number of nitrogens with zero attached hydrogens (tertiary/aromatic N) is 1. The van der Waals surface area contributed by atoms with Gasteiger partial charge in [0.15, 0.2) is 5.96 Å². The summed E-state index contributed by atoms with van der Waals surface area (Å²) >= 11 is 5.24. The number of benzene rings is 1. The van der Waals surface area contributed by atoms with Crippen molar-refractivity contribution in [2.45, 2.75) is 44.9 Å². The van der Waals surface area contributed by atoms with Crippen molar-refractivity contribution in [1.82, 2.24) is 10.6 Å². The molecule has 2 atom stereocenters. The molecule has 0 aliphatic rings. The Morgan fingerprint density at radius 1 is 1.03 bits per heavy atom. The number of carbonyl (C=O) groups excluding carboxylic acids is 1. The number of halogens is 3. The second-order valence-corrected chi connectivity index (χ2v) is 7.96. The fourth-order valence-corrected chi connectivity index (χ4v) is 2.73. The number of amides is 1. The van der Waals surface area contributed by atoms with Crippen LogP contribution in [0.5, 0.6) is 0 Å². The zero-order valence-corrected chi connectivity index (χ0v) is 19.9. The number of hydrogen-bond donors (Lipinski definition) is 7. The Morgan fingerprint density at radius 3 is 1.89 bits per heavy atom. The molecule has 16 heteroatoms. The van der Waals surface area contributed by atoms with E-state index in [-0.39, 0.29) is 23.3 Å². The van der Waals surface area contributed by atoms with Gasteiger partial charge < -0.3 is 37.4 Å². The third kappa shape index (κ3) is 13.1. The first-order valence-corrected chi connectivity index (χ1v) is 10.4. The van der Waals surface area contributed by atoms with E-state index >= 15 is 0 Å². The molecule has 0 aromatic heterocycles. The van der Waals surface area contributed by atoms with Crippen LogP contribution in [-0.4, -0.2) is 68.3 Å². The number of nitrogens with one attached hydrogen (secondary N) is 2. The zero-order chi connectivity index (χ0) is 28.2. The summed E-state index contributed by atoms with van der Waals surface area (Å²) in [5, 5.41) is 30.5. The molecule has 200 valence electrons. The maximum absolute atomic E-state index is 12.4. The average Bonchev–Trinajstić information content (AvgIpc) is 2.71. The SMILES string of the molecule is CC(C)[C@H](NC(=O)[C@H](CC(=O)O)NC(=S)Cc1ccc(N=C(N)N)cc1)C(=O)O.O=C(O)C(F)(F)F. The Morgan fingerprint density at radius 2 is 1.53 bits per heavy atom. The standard InChI is InChI=1S/C18H25N5O5S.C2HF3O2/c1-9(2)15(17(27)28)23-16(26)12(8-14(24)25)22-13(29)7-10-3-5-11(6-4-10)21-18(19)20;3-2(4,5)1(6)7/h3-6,9,12,15H,7-8H2,1-2H3,(H,22,29)(H,23,26)(H,24,25)(H,27,28)(H4,19,20,21);(H,6,7)/t12-,15-;/m0./s1. The van der Waals surface area contributed by atoms with Crippen LogP contribution in [0.3, 0.4) is 0 Å². The van der Waals surface area contributed by atoms with E-state index in [1.807, 2.05) is 0 Å². The quantitative estimate of drug-likeness (QED) is 0.125. The summed E-state index contributed by atoms with van der Waals surface area (Å²) in [6, 6.07) is 4.49. The largest absolute Gasteiger partial charge is 0.490 e. The van der Waals surface area contributed by atoms with Gasteiger partial charge in [-0.3, -0.25) is 9.59 Å². The minimum atomic E-state index is -5.08. The number of alkyl halides is 3. The van der Waals surface area contributed by atoms with Gasteiger partial charge in [0.25, 0.3) is 0 Å². The third-order valence-corrected chi connectivity index (χ3v) is 4.32. The van der Waals surface area contributed by atoms with E-state index in [0.717, 1.165) is 5.56 Å². The summed E-state index contributed by atoms with van der Waals surface area (Å²) in [6.07, 6.45) is -5.40. The van der Waals surface area contributed by atoms with E-state index in [1.54, 1.807) is 38.1 Å². The van der Waals surface area contributed by atoms with Crippen molar-refractivity contribution in [3.63, 3.8) is 0 Å². The molecular weight excluding hydrogens is 511 g/mol. The molecule has 1 rings (SSSR count). The number of guanidine groups is 1. The average molecular weight is 538 g/mol. The van der Waals surface area contributed by atoms with Crippen molar-refractivity contribution in [3.05, 3.63) is 29.8 Å². The van der Waals surface area contributed by atoms with Crippen LogP contribution in [0.25, 0.3) is 0 Å². The molecule has 0 spiro atoms. The first kappa shape index (κ1) is 32.0. The van der Waals surface area contributed by atoms with E-state index in [2.05, 4.69) is 15.6 Å². The van der Waals surface area contributed by atoms with Gasteiger partial charge in [-0.15, -0.1) is 0 Å². The summed E-state index contributed by atoms with van der Waals surface area (Å²) in [7, 11) is 0. The molecule has 1 amide bonds. The highest BCUT2D eigenvalue weighted by Gasteiger charge is 2.38. The van der Waals surface area contributed by atoms with Crippen LogP contribution in [0.2, 0.25) is 0 Å². The van der Waals surface area contributed by atoms with Gasteiger partial charge in [-0.25, -0.2) is 14.6 Å². The van der Waals surface area contributed by atoms with Gasteiger partial charge in [0.2, 0.25) is 5.91 Å². The summed E-state index contributed by atoms with van der Waals surface area (Å²) in [4.78, 5) is 47.9. The van der Waals surface area contributed by atoms with Gasteiger partial charge in [0, 0.05) is 6.42 Å². The Balaban J connectivity index is 0.00000152. The smallest absolute Gasteiger partial charge is 0.481 e. The van der Waals surface area contributed by atoms with Crippen molar-refractivity contribution in [2.24, 2.45) is 22.4 Å². The number of aliphatic imine (C=N–C) groups is 1. The van der Waals surface area contributed by atoms with Crippen molar-refractivity contribution < 1.29 is 47.7 Å². The molecule has 0 unspecified atom stereocenters. The van der Waals surface area contributed by atoms with Gasteiger partial charge in [-0.2, -0.15) is 13.2 Å². The van der Waals surface area contributed by atoms with E-state index < -0.39 is 48.5 Å². The summed E-state index contributed by atoms with van der Waals surface area (Å²) in [5.41, 5.74) is 12.0. The Labute approximate surface area is 208 Å². The maximum atomic E-state index is 12.4. The lowest BCUT2D eigenvalue weighted by atomic mass is 10.0. The van der Waals surface area contributed by atoms with Crippen LogP contribution < -0.4 is 22.1 Å². The Kier molecular flexibility index (Phi) is 12.9. The number of carboxylic acids is 3. The van der Waals surface area contributed by atoms with Gasteiger partial charge in [0.1, 0.15) is 12.1 Å². The molecule has 1 aromatic rings. The number of carbonyl (C=O) groups is 4. The van der Waals surface area contributed by atoms with Crippen LogP contribution in [0, 0.1) is 5.92 Å². The number of nitrogens with two attached hydrogens (primary N) is 2. The molecule has 0 radical (unpaired) electrons. The maximum Gasteiger partial charge on any atom is 0.490 e. The van der Waals surface area contributed by atoms with Crippen LogP contribution in [0.1, 0.15) is 25.8 Å². The molecule has 0 saturated carbocycles. The second-order valence-electron chi connectivity index (χ2n) is 7.47. The fourth-order valence-electron chi connectivity index (χ4n) is 2.42. The molecule has 9 N–H and O–H groups in total. The number of thiocarbonyl (C=S) groups is 1. The summed E-state index contributed by atoms with van der Waals surface area (Å²) in [6.45, 7) is 3.27. The molecular formula is C20H26F3N5O7S. The fraction of sp³-hybridized carbons (Fsp3) is 0.400. The molecule has 36 heavy (non-hydrogen) atoms. The first-order chi connectivity index (χ1) is 16.4.